The first-order valence-corrected chi connectivity index (χ1v) is 8.43. The minimum atomic E-state index is -0.177. The topological polar surface area (TPSA) is 39.1 Å². The molecule has 0 unspecified atom stereocenters. The average Bonchev–Trinajstić information content (AvgIpc) is 2.58. The highest BCUT2D eigenvalue weighted by Crippen LogP contribution is 2.25. The van der Waals surface area contributed by atoms with Crippen LogP contribution in [-0.2, 0) is 6.54 Å². The van der Waals surface area contributed by atoms with Crippen LogP contribution in [0, 0.1) is 12.8 Å². The van der Waals surface area contributed by atoms with E-state index in [0.717, 1.165) is 17.7 Å². The SMILES string of the molecule is Cc1ccc(-c2cn(CC3CCCCC3)cc(C=O)c2=O)cc1. The van der Waals surface area contributed by atoms with Gasteiger partial charge in [0.15, 0.2) is 11.7 Å². The van der Waals surface area contributed by atoms with E-state index in [1.54, 1.807) is 6.20 Å². The van der Waals surface area contributed by atoms with Crippen LogP contribution in [0.3, 0.4) is 0 Å². The first-order valence-electron chi connectivity index (χ1n) is 8.43. The van der Waals surface area contributed by atoms with Crippen molar-refractivity contribution >= 4 is 6.29 Å². The molecular formula is C20H23NO2. The molecule has 1 aromatic heterocycles. The Kier molecular flexibility index (Phi) is 4.75. The van der Waals surface area contributed by atoms with Gasteiger partial charge in [-0.15, -0.1) is 0 Å². The summed E-state index contributed by atoms with van der Waals surface area (Å²) in [5, 5.41) is 0. The minimum absolute atomic E-state index is 0.177. The molecule has 0 amide bonds. The van der Waals surface area contributed by atoms with Gasteiger partial charge in [-0.1, -0.05) is 49.1 Å². The van der Waals surface area contributed by atoms with E-state index in [1.807, 2.05) is 42.0 Å². The Bertz CT molecular complexity index is 737. The predicted molar refractivity (Wildman–Crippen MR) is 92.8 cm³/mol. The number of benzene rings is 1. The largest absolute Gasteiger partial charge is 0.352 e. The summed E-state index contributed by atoms with van der Waals surface area (Å²) in [6.45, 7) is 2.91. The summed E-state index contributed by atoms with van der Waals surface area (Å²) in [4.78, 5) is 23.8. The molecule has 1 aliphatic carbocycles. The van der Waals surface area contributed by atoms with Gasteiger partial charge in [-0.25, -0.2) is 0 Å². The molecule has 1 fully saturated rings. The van der Waals surface area contributed by atoms with Crippen LogP contribution >= 0.6 is 0 Å². The second-order valence-corrected chi connectivity index (χ2v) is 6.64. The second kappa shape index (κ2) is 6.95. The molecule has 0 bridgehead atoms. The maximum Gasteiger partial charge on any atom is 0.199 e. The van der Waals surface area contributed by atoms with Gasteiger partial charge in [-0.3, -0.25) is 9.59 Å². The molecule has 120 valence electrons. The normalized spacial score (nSPS) is 15.5. The van der Waals surface area contributed by atoms with E-state index in [-0.39, 0.29) is 11.0 Å². The van der Waals surface area contributed by atoms with Gasteiger partial charge >= 0.3 is 0 Å². The standard InChI is InChI=1S/C20H23NO2/c1-15-7-9-17(10-8-15)19-13-21(12-18(14-22)20(19)23)11-16-5-3-2-4-6-16/h7-10,12-14,16H,2-6,11H2,1H3. The Morgan fingerprint density at radius 1 is 1.09 bits per heavy atom. The highest BCUT2D eigenvalue weighted by Gasteiger charge is 2.15. The number of carbonyl (C=O) groups excluding carboxylic acids is 1. The Hall–Kier alpha value is -2.16. The van der Waals surface area contributed by atoms with Gasteiger partial charge in [0.05, 0.1) is 5.56 Å². The molecular weight excluding hydrogens is 286 g/mol. The van der Waals surface area contributed by atoms with Crippen molar-refractivity contribution in [3.63, 3.8) is 0 Å². The zero-order chi connectivity index (χ0) is 16.2. The van der Waals surface area contributed by atoms with E-state index in [9.17, 15) is 9.59 Å². The lowest BCUT2D eigenvalue weighted by atomic mass is 9.89. The molecule has 3 rings (SSSR count). The summed E-state index contributed by atoms with van der Waals surface area (Å²) < 4.78 is 2.04. The zero-order valence-corrected chi connectivity index (χ0v) is 13.6. The maximum atomic E-state index is 12.5. The summed E-state index contributed by atoms with van der Waals surface area (Å²) >= 11 is 0. The van der Waals surface area contributed by atoms with E-state index in [1.165, 1.54) is 32.1 Å². The van der Waals surface area contributed by atoms with Crippen molar-refractivity contribution < 1.29 is 4.79 Å². The molecule has 2 aromatic rings. The van der Waals surface area contributed by atoms with E-state index < -0.39 is 0 Å². The van der Waals surface area contributed by atoms with Gasteiger partial charge in [-0.05, 0) is 31.2 Å². The Labute approximate surface area is 137 Å². The van der Waals surface area contributed by atoms with Crippen LogP contribution in [0.4, 0.5) is 0 Å². The van der Waals surface area contributed by atoms with Crippen molar-refractivity contribution in [2.45, 2.75) is 45.6 Å². The lowest BCUT2D eigenvalue weighted by Gasteiger charge is -2.23. The third kappa shape index (κ3) is 3.61. The predicted octanol–water partition coefficient (Wildman–Crippen LogP) is 4.22. The van der Waals surface area contributed by atoms with Crippen LogP contribution in [0.5, 0.6) is 0 Å². The molecule has 1 aromatic carbocycles. The fourth-order valence-electron chi connectivity index (χ4n) is 3.45. The van der Waals surface area contributed by atoms with E-state index in [2.05, 4.69) is 0 Å². The van der Waals surface area contributed by atoms with Crippen LogP contribution < -0.4 is 5.43 Å². The number of nitrogens with zero attached hydrogens (tertiary/aromatic N) is 1. The third-order valence-corrected chi connectivity index (χ3v) is 4.79. The number of hydrogen-bond acceptors (Lipinski definition) is 2. The number of aromatic nitrogens is 1. The molecule has 0 aliphatic heterocycles. The highest BCUT2D eigenvalue weighted by atomic mass is 16.1. The van der Waals surface area contributed by atoms with E-state index >= 15 is 0 Å². The first-order chi connectivity index (χ1) is 11.2. The van der Waals surface area contributed by atoms with Crippen molar-refractivity contribution in [2.75, 3.05) is 0 Å². The molecule has 1 saturated carbocycles. The molecule has 0 spiro atoms. The molecule has 0 radical (unpaired) electrons. The molecule has 0 N–H and O–H groups in total. The monoisotopic (exact) mass is 309 g/mol. The Morgan fingerprint density at radius 3 is 2.43 bits per heavy atom. The smallest absolute Gasteiger partial charge is 0.199 e. The third-order valence-electron chi connectivity index (χ3n) is 4.79. The quantitative estimate of drug-likeness (QED) is 0.793. The second-order valence-electron chi connectivity index (χ2n) is 6.64. The van der Waals surface area contributed by atoms with Crippen LogP contribution in [-0.4, -0.2) is 10.9 Å². The minimum Gasteiger partial charge on any atom is -0.352 e. The highest BCUT2D eigenvalue weighted by molar-refractivity contribution is 5.78. The van der Waals surface area contributed by atoms with Gasteiger partial charge in [0.25, 0.3) is 0 Å². The molecule has 0 saturated heterocycles. The van der Waals surface area contributed by atoms with E-state index in [0.29, 0.717) is 17.8 Å². The van der Waals surface area contributed by atoms with Crippen LogP contribution in [0.15, 0.2) is 41.5 Å². The van der Waals surface area contributed by atoms with Crippen LogP contribution in [0.2, 0.25) is 0 Å². The van der Waals surface area contributed by atoms with Gasteiger partial charge < -0.3 is 4.57 Å². The average molecular weight is 309 g/mol. The number of aryl methyl sites for hydroxylation is 1. The number of carbonyl (C=O) groups is 1. The summed E-state index contributed by atoms with van der Waals surface area (Å²) in [5.41, 5.74) is 2.72. The Morgan fingerprint density at radius 2 is 1.78 bits per heavy atom. The number of hydrogen-bond donors (Lipinski definition) is 0. The van der Waals surface area contributed by atoms with Gasteiger partial charge in [0.2, 0.25) is 0 Å². The van der Waals surface area contributed by atoms with Crippen molar-refractivity contribution in [3.05, 3.63) is 58.0 Å². The fourth-order valence-corrected chi connectivity index (χ4v) is 3.45. The molecule has 23 heavy (non-hydrogen) atoms. The van der Waals surface area contributed by atoms with Gasteiger partial charge in [0.1, 0.15) is 0 Å². The summed E-state index contributed by atoms with van der Waals surface area (Å²) in [6.07, 6.45) is 10.7. The lowest BCUT2D eigenvalue weighted by molar-refractivity contribution is 0.112. The first kappa shape index (κ1) is 15.7. The van der Waals surface area contributed by atoms with Gasteiger partial charge in [-0.2, -0.15) is 0 Å². The summed E-state index contributed by atoms with van der Waals surface area (Å²) in [5.74, 6) is 0.650. The number of aldehydes is 1. The maximum absolute atomic E-state index is 12.5. The molecule has 1 aliphatic rings. The molecule has 1 heterocycles. The summed E-state index contributed by atoms with van der Waals surface area (Å²) in [7, 11) is 0. The molecule has 3 heteroatoms. The van der Waals surface area contributed by atoms with Crippen molar-refractivity contribution in [3.8, 4) is 11.1 Å². The van der Waals surface area contributed by atoms with Crippen molar-refractivity contribution in [2.24, 2.45) is 5.92 Å². The molecule has 0 atom stereocenters. The molecule has 3 nitrogen and oxygen atoms in total. The van der Waals surface area contributed by atoms with Crippen molar-refractivity contribution in [1.82, 2.24) is 4.57 Å². The van der Waals surface area contributed by atoms with Gasteiger partial charge in [0, 0.05) is 24.5 Å². The lowest BCUT2D eigenvalue weighted by Crippen LogP contribution is -2.19. The van der Waals surface area contributed by atoms with Crippen LogP contribution in [0.1, 0.15) is 48.0 Å². The number of pyridine rings is 1. The van der Waals surface area contributed by atoms with Crippen LogP contribution in [0.25, 0.3) is 11.1 Å². The fraction of sp³-hybridized carbons (Fsp3) is 0.400. The Balaban J connectivity index is 1.97. The van der Waals surface area contributed by atoms with E-state index in [4.69, 9.17) is 0 Å². The number of rotatable bonds is 4. The zero-order valence-electron chi connectivity index (χ0n) is 13.6. The summed E-state index contributed by atoms with van der Waals surface area (Å²) in [6, 6.07) is 7.89. The van der Waals surface area contributed by atoms with Crippen molar-refractivity contribution in [1.29, 1.82) is 0 Å².